The number of piperazine rings is 1. The van der Waals surface area contributed by atoms with Gasteiger partial charge in [0.25, 0.3) is 0 Å². The van der Waals surface area contributed by atoms with E-state index >= 15 is 0 Å². The van der Waals surface area contributed by atoms with Gasteiger partial charge in [0.15, 0.2) is 0 Å². The number of rotatable bonds is 4. The Bertz CT molecular complexity index is 368. The zero-order chi connectivity index (χ0) is 13.0. The SMILES string of the molecule is CCC(CC)c1cc(N2CCN(C)CC2)ncn1. The van der Waals surface area contributed by atoms with Crippen LogP contribution in [0.3, 0.4) is 0 Å². The molecule has 0 bridgehead atoms. The largest absolute Gasteiger partial charge is 0.354 e. The highest BCUT2D eigenvalue weighted by atomic mass is 15.3. The van der Waals surface area contributed by atoms with Crippen molar-refractivity contribution in [2.45, 2.75) is 32.6 Å². The summed E-state index contributed by atoms with van der Waals surface area (Å²) in [4.78, 5) is 13.6. The first-order valence-corrected chi connectivity index (χ1v) is 7.00. The number of likely N-dealkylation sites (N-methyl/N-ethyl adjacent to an activating group) is 1. The predicted octanol–water partition coefficient (Wildman–Crippen LogP) is 2.13. The molecule has 18 heavy (non-hydrogen) atoms. The third-order valence-electron chi connectivity index (χ3n) is 3.90. The second-order valence-corrected chi connectivity index (χ2v) is 5.10. The van der Waals surface area contributed by atoms with Gasteiger partial charge in [-0.15, -0.1) is 0 Å². The predicted molar refractivity (Wildman–Crippen MR) is 75.1 cm³/mol. The van der Waals surface area contributed by atoms with Crippen molar-refractivity contribution in [2.24, 2.45) is 0 Å². The van der Waals surface area contributed by atoms with E-state index < -0.39 is 0 Å². The van der Waals surface area contributed by atoms with E-state index in [4.69, 9.17) is 0 Å². The lowest BCUT2D eigenvalue weighted by atomic mass is 9.99. The van der Waals surface area contributed by atoms with Gasteiger partial charge in [0.05, 0.1) is 0 Å². The highest BCUT2D eigenvalue weighted by Gasteiger charge is 2.17. The molecule has 4 nitrogen and oxygen atoms in total. The molecular formula is C14H24N4. The second-order valence-electron chi connectivity index (χ2n) is 5.10. The maximum absolute atomic E-state index is 4.44. The first-order valence-electron chi connectivity index (χ1n) is 7.00. The van der Waals surface area contributed by atoms with Gasteiger partial charge in [-0.25, -0.2) is 9.97 Å². The van der Waals surface area contributed by atoms with Crippen LogP contribution in [0.15, 0.2) is 12.4 Å². The molecule has 2 rings (SSSR count). The lowest BCUT2D eigenvalue weighted by molar-refractivity contribution is 0.312. The molecule has 0 saturated carbocycles. The molecule has 1 saturated heterocycles. The Morgan fingerprint density at radius 3 is 2.39 bits per heavy atom. The van der Waals surface area contributed by atoms with E-state index in [0.717, 1.165) is 44.8 Å². The van der Waals surface area contributed by atoms with Gasteiger partial charge < -0.3 is 9.80 Å². The molecule has 0 amide bonds. The number of hydrogen-bond acceptors (Lipinski definition) is 4. The summed E-state index contributed by atoms with van der Waals surface area (Å²) in [6, 6.07) is 2.18. The molecule has 0 radical (unpaired) electrons. The summed E-state index contributed by atoms with van der Waals surface area (Å²) in [6.07, 6.45) is 4.02. The van der Waals surface area contributed by atoms with Gasteiger partial charge in [0, 0.05) is 43.9 Å². The minimum absolute atomic E-state index is 0.569. The maximum atomic E-state index is 4.44. The van der Waals surface area contributed by atoms with Gasteiger partial charge in [-0.2, -0.15) is 0 Å². The average Bonchev–Trinajstić information content (AvgIpc) is 2.41. The molecular weight excluding hydrogens is 224 g/mol. The van der Waals surface area contributed by atoms with Crippen LogP contribution in [0, 0.1) is 0 Å². The minimum atomic E-state index is 0.569. The standard InChI is InChI=1S/C14H24N4/c1-4-12(5-2)13-10-14(16-11-15-13)18-8-6-17(3)7-9-18/h10-12H,4-9H2,1-3H3. The molecule has 0 N–H and O–H groups in total. The Kier molecular flexibility index (Phi) is 4.53. The Balaban J connectivity index is 2.11. The molecule has 0 aromatic carbocycles. The summed E-state index contributed by atoms with van der Waals surface area (Å²) in [5.74, 6) is 1.67. The van der Waals surface area contributed by atoms with Gasteiger partial charge in [-0.3, -0.25) is 0 Å². The molecule has 1 aliphatic heterocycles. The van der Waals surface area contributed by atoms with Gasteiger partial charge in [-0.05, 0) is 19.9 Å². The molecule has 1 aromatic heterocycles. The molecule has 2 heterocycles. The zero-order valence-corrected chi connectivity index (χ0v) is 11.8. The number of hydrogen-bond donors (Lipinski definition) is 0. The molecule has 100 valence electrons. The third-order valence-corrected chi connectivity index (χ3v) is 3.90. The van der Waals surface area contributed by atoms with E-state index in [-0.39, 0.29) is 0 Å². The third kappa shape index (κ3) is 2.99. The quantitative estimate of drug-likeness (QED) is 0.817. The second kappa shape index (κ2) is 6.14. The van der Waals surface area contributed by atoms with Crippen molar-refractivity contribution in [1.82, 2.24) is 14.9 Å². The van der Waals surface area contributed by atoms with Crippen molar-refractivity contribution in [3.63, 3.8) is 0 Å². The fraction of sp³-hybridized carbons (Fsp3) is 0.714. The van der Waals surface area contributed by atoms with Crippen LogP contribution >= 0.6 is 0 Å². The van der Waals surface area contributed by atoms with Gasteiger partial charge >= 0.3 is 0 Å². The van der Waals surface area contributed by atoms with E-state index in [1.165, 1.54) is 5.69 Å². The van der Waals surface area contributed by atoms with Crippen LogP contribution in [0.25, 0.3) is 0 Å². The molecule has 4 heteroatoms. The average molecular weight is 248 g/mol. The van der Waals surface area contributed by atoms with E-state index in [1.54, 1.807) is 6.33 Å². The first kappa shape index (κ1) is 13.3. The summed E-state index contributed by atoms with van der Waals surface area (Å²) in [6.45, 7) is 8.82. The maximum Gasteiger partial charge on any atom is 0.132 e. The zero-order valence-electron chi connectivity index (χ0n) is 11.8. The van der Waals surface area contributed by atoms with Crippen LogP contribution < -0.4 is 4.90 Å². The van der Waals surface area contributed by atoms with Crippen LogP contribution in [0.1, 0.15) is 38.3 Å². The molecule has 1 aromatic rings. The van der Waals surface area contributed by atoms with E-state index in [0.29, 0.717) is 5.92 Å². The van der Waals surface area contributed by atoms with Crippen LogP contribution in [-0.4, -0.2) is 48.1 Å². The van der Waals surface area contributed by atoms with Gasteiger partial charge in [0.1, 0.15) is 12.1 Å². The fourth-order valence-electron chi connectivity index (χ4n) is 2.50. The summed E-state index contributed by atoms with van der Waals surface area (Å²) in [5.41, 5.74) is 1.20. The number of aromatic nitrogens is 2. The van der Waals surface area contributed by atoms with Crippen molar-refractivity contribution < 1.29 is 0 Å². The monoisotopic (exact) mass is 248 g/mol. The van der Waals surface area contributed by atoms with E-state index in [2.05, 4.69) is 46.7 Å². The Labute approximate surface area is 110 Å². The van der Waals surface area contributed by atoms with Crippen LogP contribution in [0.2, 0.25) is 0 Å². The molecule has 1 aliphatic rings. The Morgan fingerprint density at radius 1 is 1.11 bits per heavy atom. The normalized spacial score (nSPS) is 17.4. The summed E-state index contributed by atoms with van der Waals surface area (Å²) < 4.78 is 0. The molecule has 0 aliphatic carbocycles. The lowest BCUT2D eigenvalue weighted by Crippen LogP contribution is -2.44. The topological polar surface area (TPSA) is 32.3 Å². The minimum Gasteiger partial charge on any atom is -0.354 e. The van der Waals surface area contributed by atoms with Crippen molar-refractivity contribution in [2.75, 3.05) is 38.1 Å². The number of nitrogens with zero attached hydrogens (tertiary/aromatic N) is 4. The van der Waals surface area contributed by atoms with Crippen molar-refractivity contribution in [3.8, 4) is 0 Å². The first-order chi connectivity index (χ1) is 8.74. The Hall–Kier alpha value is -1.16. The van der Waals surface area contributed by atoms with E-state index in [1.807, 2.05) is 0 Å². The summed E-state index contributed by atoms with van der Waals surface area (Å²) in [7, 11) is 2.17. The van der Waals surface area contributed by atoms with Crippen LogP contribution in [-0.2, 0) is 0 Å². The van der Waals surface area contributed by atoms with Crippen molar-refractivity contribution in [3.05, 3.63) is 18.1 Å². The van der Waals surface area contributed by atoms with Gasteiger partial charge in [-0.1, -0.05) is 13.8 Å². The molecule has 1 fully saturated rings. The fourth-order valence-corrected chi connectivity index (χ4v) is 2.50. The summed E-state index contributed by atoms with van der Waals surface area (Å²) in [5, 5.41) is 0. The van der Waals surface area contributed by atoms with Gasteiger partial charge in [0.2, 0.25) is 0 Å². The smallest absolute Gasteiger partial charge is 0.132 e. The highest BCUT2D eigenvalue weighted by molar-refractivity contribution is 5.40. The molecule has 0 unspecified atom stereocenters. The molecule has 0 spiro atoms. The Morgan fingerprint density at radius 2 is 1.78 bits per heavy atom. The molecule has 0 atom stereocenters. The lowest BCUT2D eigenvalue weighted by Gasteiger charge is -2.33. The van der Waals surface area contributed by atoms with Crippen LogP contribution in [0.4, 0.5) is 5.82 Å². The van der Waals surface area contributed by atoms with E-state index in [9.17, 15) is 0 Å². The highest BCUT2D eigenvalue weighted by Crippen LogP contribution is 2.23. The van der Waals surface area contributed by atoms with Crippen molar-refractivity contribution in [1.29, 1.82) is 0 Å². The number of anilines is 1. The van der Waals surface area contributed by atoms with Crippen molar-refractivity contribution >= 4 is 5.82 Å². The van der Waals surface area contributed by atoms with Crippen LogP contribution in [0.5, 0.6) is 0 Å². The summed E-state index contributed by atoms with van der Waals surface area (Å²) >= 11 is 0.